The number of rotatable bonds is 7. The molecule has 0 bridgehead atoms. The third kappa shape index (κ3) is 6.39. The summed E-state index contributed by atoms with van der Waals surface area (Å²) in [5.74, 6) is 1.06. The van der Waals surface area contributed by atoms with Gasteiger partial charge in [-0.15, -0.1) is 0 Å². The highest BCUT2D eigenvalue weighted by Crippen LogP contribution is 2.18. The minimum atomic E-state index is -0.451. The molecule has 0 aromatic heterocycles. The molecule has 1 aromatic rings. The third-order valence-corrected chi connectivity index (χ3v) is 3.25. The molecule has 3 N–H and O–H groups in total. The van der Waals surface area contributed by atoms with Crippen molar-refractivity contribution >= 4 is 21.8 Å². The monoisotopic (exact) mass is 342 g/mol. The Hall–Kier alpha value is -1.07. The molecule has 4 nitrogen and oxygen atoms in total. The molecule has 1 unspecified atom stereocenters. The van der Waals surface area contributed by atoms with Crippen molar-refractivity contribution < 1.29 is 9.53 Å². The Kier molecular flexibility index (Phi) is 7.02. The van der Waals surface area contributed by atoms with E-state index in [9.17, 15) is 4.79 Å². The minimum Gasteiger partial charge on any atom is -0.489 e. The van der Waals surface area contributed by atoms with Crippen LogP contribution in [0, 0.1) is 5.92 Å². The van der Waals surface area contributed by atoms with Gasteiger partial charge in [0.2, 0.25) is 5.91 Å². The van der Waals surface area contributed by atoms with E-state index in [0.29, 0.717) is 18.9 Å². The molecule has 1 amide bonds. The van der Waals surface area contributed by atoms with Crippen LogP contribution in [0.5, 0.6) is 5.75 Å². The van der Waals surface area contributed by atoms with Crippen LogP contribution in [0.1, 0.15) is 27.2 Å². The van der Waals surface area contributed by atoms with Crippen molar-refractivity contribution in [1.29, 1.82) is 0 Å². The SMILES string of the molecule is CC(C)C[C@H](N)C(=O)NCC(C)Oc1cccc(Br)c1. The van der Waals surface area contributed by atoms with Gasteiger partial charge in [0.1, 0.15) is 11.9 Å². The largest absolute Gasteiger partial charge is 0.489 e. The first-order chi connectivity index (χ1) is 9.38. The van der Waals surface area contributed by atoms with Crippen molar-refractivity contribution in [2.24, 2.45) is 11.7 Å². The zero-order chi connectivity index (χ0) is 15.1. The molecule has 5 heteroatoms. The molecule has 0 radical (unpaired) electrons. The van der Waals surface area contributed by atoms with E-state index in [2.05, 4.69) is 21.2 Å². The standard InChI is InChI=1S/C15H23BrN2O2/c1-10(2)7-14(17)15(19)18-9-11(3)20-13-6-4-5-12(16)8-13/h4-6,8,10-11,14H,7,9,17H2,1-3H3,(H,18,19)/t11?,14-/m0/s1. The number of hydrogen-bond donors (Lipinski definition) is 2. The summed E-state index contributed by atoms with van der Waals surface area (Å²) in [5.41, 5.74) is 5.82. The summed E-state index contributed by atoms with van der Waals surface area (Å²) in [6.45, 7) is 6.45. The van der Waals surface area contributed by atoms with Crippen LogP contribution < -0.4 is 15.8 Å². The molecule has 1 aromatic carbocycles. The van der Waals surface area contributed by atoms with Gasteiger partial charge in [-0.05, 0) is 37.5 Å². The maximum Gasteiger partial charge on any atom is 0.237 e. The number of hydrogen-bond acceptors (Lipinski definition) is 3. The second-order valence-corrected chi connectivity index (χ2v) is 6.28. The highest BCUT2D eigenvalue weighted by atomic mass is 79.9. The summed E-state index contributed by atoms with van der Waals surface area (Å²) in [7, 11) is 0. The summed E-state index contributed by atoms with van der Waals surface area (Å²) in [6, 6.07) is 7.16. The lowest BCUT2D eigenvalue weighted by molar-refractivity contribution is -0.123. The first kappa shape index (κ1) is 17.0. The third-order valence-electron chi connectivity index (χ3n) is 2.76. The van der Waals surface area contributed by atoms with Gasteiger partial charge in [-0.1, -0.05) is 35.8 Å². The van der Waals surface area contributed by atoms with Crippen LogP contribution >= 0.6 is 15.9 Å². The predicted molar refractivity (Wildman–Crippen MR) is 84.7 cm³/mol. The Morgan fingerprint density at radius 3 is 2.70 bits per heavy atom. The Bertz CT molecular complexity index is 438. The highest BCUT2D eigenvalue weighted by Gasteiger charge is 2.15. The first-order valence-corrected chi connectivity index (χ1v) is 7.63. The van der Waals surface area contributed by atoms with Crippen molar-refractivity contribution in [3.8, 4) is 5.75 Å². The zero-order valence-corrected chi connectivity index (χ0v) is 13.8. The van der Waals surface area contributed by atoms with E-state index >= 15 is 0 Å². The Morgan fingerprint density at radius 1 is 1.40 bits per heavy atom. The van der Waals surface area contributed by atoms with E-state index in [1.807, 2.05) is 45.0 Å². The first-order valence-electron chi connectivity index (χ1n) is 6.84. The number of nitrogens with two attached hydrogens (primary N) is 1. The summed E-state index contributed by atoms with van der Waals surface area (Å²) in [5, 5.41) is 2.82. The topological polar surface area (TPSA) is 64.4 Å². The summed E-state index contributed by atoms with van der Waals surface area (Å²) in [4.78, 5) is 11.8. The van der Waals surface area contributed by atoms with Crippen LogP contribution in [-0.4, -0.2) is 24.6 Å². The fraction of sp³-hybridized carbons (Fsp3) is 0.533. The number of ether oxygens (including phenoxy) is 1. The van der Waals surface area contributed by atoms with Gasteiger partial charge in [0.25, 0.3) is 0 Å². The van der Waals surface area contributed by atoms with E-state index < -0.39 is 6.04 Å². The number of halogens is 1. The summed E-state index contributed by atoms with van der Waals surface area (Å²) in [6.07, 6.45) is 0.576. The zero-order valence-electron chi connectivity index (χ0n) is 12.2. The maximum absolute atomic E-state index is 11.8. The second-order valence-electron chi connectivity index (χ2n) is 5.37. The molecule has 0 saturated heterocycles. The molecule has 0 aliphatic carbocycles. The molecule has 0 spiro atoms. The van der Waals surface area contributed by atoms with Gasteiger partial charge in [-0.3, -0.25) is 4.79 Å². The van der Waals surface area contributed by atoms with Gasteiger partial charge < -0.3 is 15.8 Å². The van der Waals surface area contributed by atoms with Crippen LogP contribution in [0.15, 0.2) is 28.7 Å². The summed E-state index contributed by atoms with van der Waals surface area (Å²) >= 11 is 3.39. The quantitative estimate of drug-likeness (QED) is 0.800. The van der Waals surface area contributed by atoms with E-state index in [1.54, 1.807) is 0 Å². The van der Waals surface area contributed by atoms with Gasteiger partial charge in [0.05, 0.1) is 12.6 Å². The smallest absolute Gasteiger partial charge is 0.237 e. The number of carbonyl (C=O) groups is 1. The molecule has 0 aliphatic heterocycles. The van der Waals surface area contributed by atoms with E-state index in [0.717, 1.165) is 10.2 Å². The number of amides is 1. The maximum atomic E-state index is 11.8. The van der Waals surface area contributed by atoms with Crippen LogP contribution in [0.25, 0.3) is 0 Å². The number of carbonyl (C=O) groups excluding carboxylic acids is 1. The fourth-order valence-electron chi connectivity index (χ4n) is 1.80. The van der Waals surface area contributed by atoms with Crippen LogP contribution in [0.3, 0.4) is 0 Å². The molecule has 0 aliphatic rings. The lowest BCUT2D eigenvalue weighted by atomic mass is 10.0. The van der Waals surface area contributed by atoms with E-state index in [1.165, 1.54) is 0 Å². The van der Waals surface area contributed by atoms with Crippen LogP contribution in [-0.2, 0) is 4.79 Å². The van der Waals surface area contributed by atoms with Gasteiger partial charge in [0.15, 0.2) is 0 Å². The van der Waals surface area contributed by atoms with Gasteiger partial charge in [0, 0.05) is 4.47 Å². The highest BCUT2D eigenvalue weighted by molar-refractivity contribution is 9.10. The van der Waals surface area contributed by atoms with Crippen molar-refractivity contribution in [1.82, 2.24) is 5.32 Å². The minimum absolute atomic E-state index is 0.112. The average Bonchev–Trinajstić information content (AvgIpc) is 2.35. The predicted octanol–water partition coefficient (Wildman–Crippen LogP) is 2.71. The molecule has 112 valence electrons. The van der Waals surface area contributed by atoms with Crippen molar-refractivity contribution in [2.45, 2.75) is 39.3 Å². The molecule has 2 atom stereocenters. The van der Waals surface area contributed by atoms with Gasteiger partial charge in [-0.2, -0.15) is 0 Å². The Labute approximate surface area is 129 Å². The average molecular weight is 343 g/mol. The van der Waals surface area contributed by atoms with Crippen molar-refractivity contribution in [2.75, 3.05) is 6.54 Å². The normalized spacial score (nSPS) is 13.9. The lowest BCUT2D eigenvalue weighted by Crippen LogP contribution is -2.44. The van der Waals surface area contributed by atoms with Crippen molar-refractivity contribution in [3.63, 3.8) is 0 Å². The Balaban J connectivity index is 2.36. The number of benzene rings is 1. The van der Waals surface area contributed by atoms with Gasteiger partial charge in [-0.25, -0.2) is 0 Å². The van der Waals surface area contributed by atoms with E-state index in [-0.39, 0.29) is 12.0 Å². The molecular formula is C15H23BrN2O2. The number of nitrogens with one attached hydrogen (secondary N) is 1. The van der Waals surface area contributed by atoms with Crippen molar-refractivity contribution in [3.05, 3.63) is 28.7 Å². The molecule has 0 heterocycles. The fourth-order valence-corrected chi connectivity index (χ4v) is 2.18. The second kappa shape index (κ2) is 8.27. The lowest BCUT2D eigenvalue weighted by Gasteiger charge is -2.18. The summed E-state index contributed by atoms with van der Waals surface area (Å²) < 4.78 is 6.68. The van der Waals surface area contributed by atoms with E-state index in [4.69, 9.17) is 10.5 Å². The molecule has 20 heavy (non-hydrogen) atoms. The molecular weight excluding hydrogens is 320 g/mol. The Morgan fingerprint density at radius 2 is 2.10 bits per heavy atom. The van der Waals surface area contributed by atoms with Crippen LogP contribution in [0.4, 0.5) is 0 Å². The molecule has 0 saturated carbocycles. The van der Waals surface area contributed by atoms with Crippen LogP contribution in [0.2, 0.25) is 0 Å². The molecule has 1 rings (SSSR count). The molecule has 0 fully saturated rings. The van der Waals surface area contributed by atoms with Gasteiger partial charge >= 0.3 is 0 Å².